The number of para-hydroxylation sites is 1. The monoisotopic (exact) mass is 476 g/mol. The van der Waals surface area contributed by atoms with E-state index in [1.807, 2.05) is 59.7 Å². The predicted octanol–water partition coefficient (Wildman–Crippen LogP) is 6.39. The molecule has 1 N–H and O–H groups in total. The number of nitrogens with one attached hydrogen (secondary N) is 1. The van der Waals surface area contributed by atoms with Crippen LogP contribution in [-0.4, -0.2) is 21.5 Å². The normalized spacial score (nSPS) is 16.4. The summed E-state index contributed by atoms with van der Waals surface area (Å²) < 4.78 is 5.79. The minimum absolute atomic E-state index is 0.199. The molecule has 1 atom stereocenters. The van der Waals surface area contributed by atoms with Crippen LogP contribution in [0.15, 0.2) is 87.2 Å². The van der Waals surface area contributed by atoms with Crippen molar-refractivity contribution < 1.29 is 4.52 Å². The van der Waals surface area contributed by atoms with Crippen molar-refractivity contribution in [1.82, 2.24) is 15.5 Å². The van der Waals surface area contributed by atoms with Gasteiger partial charge in [-0.3, -0.25) is 4.90 Å². The first kappa shape index (κ1) is 20.9. The van der Waals surface area contributed by atoms with Crippen LogP contribution in [0, 0.1) is 0 Å². The van der Waals surface area contributed by atoms with Crippen molar-refractivity contribution in [2.24, 2.45) is 0 Å². The Bertz CT molecular complexity index is 1260. The van der Waals surface area contributed by atoms with E-state index in [-0.39, 0.29) is 6.04 Å². The van der Waals surface area contributed by atoms with E-state index in [0.29, 0.717) is 16.8 Å². The minimum atomic E-state index is -0.199. The third-order valence-electron chi connectivity index (χ3n) is 5.35. The van der Waals surface area contributed by atoms with Gasteiger partial charge in [-0.15, -0.1) is 23.1 Å². The highest BCUT2D eigenvalue weighted by Crippen LogP contribution is 2.39. The van der Waals surface area contributed by atoms with Crippen molar-refractivity contribution in [3.8, 4) is 10.7 Å². The van der Waals surface area contributed by atoms with Gasteiger partial charge in [0.05, 0.1) is 16.5 Å². The maximum Gasteiger partial charge on any atom is 0.258 e. The van der Waals surface area contributed by atoms with Crippen LogP contribution in [0.3, 0.4) is 0 Å². The molecular formula is C24H20N4OS3. The first-order chi connectivity index (χ1) is 15.7. The highest BCUT2D eigenvalue weighted by atomic mass is 32.2. The van der Waals surface area contributed by atoms with Crippen LogP contribution in [0.2, 0.25) is 0 Å². The molecule has 0 spiro atoms. The van der Waals surface area contributed by atoms with Gasteiger partial charge in [-0.2, -0.15) is 4.98 Å². The molecule has 8 heteroatoms. The zero-order valence-corrected chi connectivity index (χ0v) is 19.9. The Morgan fingerprint density at radius 2 is 1.84 bits per heavy atom. The van der Waals surface area contributed by atoms with Crippen LogP contribution >= 0.6 is 35.3 Å². The molecule has 0 bridgehead atoms. The lowest BCUT2D eigenvalue weighted by atomic mass is 9.94. The number of thiophene rings is 1. The third-order valence-corrected chi connectivity index (χ3v) is 7.26. The second kappa shape index (κ2) is 8.90. The topological polar surface area (TPSA) is 54.2 Å². The lowest BCUT2D eigenvalue weighted by molar-refractivity contribution is 0.404. The van der Waals surface area contributed by atoms with Crippen molar-refractivity contribution in [2.75, 3.05) is 11.2 Å². The average molecular weight is 477 g/mol. The van der Waals surface area contributed by atoms with Gasteiger partial charge in [0.2, 0.25) is 5.82 Å². The van der Waals surface area contributed by atoms with E-state index in [2.05, 4.69) is 41.0 Å². The number of benzene rings is 2. The van der Waals surface area contributed by atoms with E-state index in [4.69, 9.17) is 21.7 Å². The Morgan fingerprint density at radius 1 is 1.06 bits per heavy atom. The van der Waals surface area contributed by atoms with Crippen LogP contribution in [0.5, 0.6) is 0 Å². The molecule has 1 aliphatic rings. The van der Waals surface area contributed by atoms with Gasteiger partial charge in [-0.1, -0.05) is 41.6 Å². The van der Waals surface area contributed by atoms with Crippen LogP contribution in [0.25, 0.3) is 16.3 Å². The summed E-state index contributed by atoms with van der Waals surface area (Å²) in [4.78, 5) is 8.95. The van der Waals surface area contributed by atoms with E-state index in [0.717, 1.165) is 27.4 Å². The van der Waals surface area contributed by atoms with Gasteiger partial charge in [0.1, 0.15) is 0 Å². The molecule has 160 valence electrons. The molecule has 2 aromatic heterocycles. The lowest BCUT2D eigenvalue weighted by Crippen LogP contribution is -2.46. The summed E-state index contributed by atoms with van der Waals surface area (Å²) in [5.74, 6) is 1.08. The highest BCUT2D eigenvalue weighted by Gasteiger charge is 2.34. The average Bonchev–Trinajstić information content (AvgIpc) is 3.52. The highest BCUT2D eigenvalue weighted by molar-refractivity contribution is 7.98. The summed E-state index contributed by atoms with van der Waals surface area (Å²) in [6.45, 7) is 2.05. The van der Waals surface area contributed by atoms with Gasteiger partial charge in [0, 0.05) is 16.3 Å². The SMILES string of the molecule is CSc1ccc(C2NC(=S)N(c3ccccc3)C(C)=C2c2nc(-c3cccs3)no2)cc1. The quantitative estimate of drug-likeness (QED) is 0.265. The summed E-state index contributed by atoms with van der Waals surface area (Å²) in [7, 11) is 0. The first-order valence-electron chi connectivity index (χ1n) is 10.0. The Hall–Kier alpha value is -2.94. The molecular weight excluding hydrogens is 456 g/mol. The van der Waals surface area contributed by atoms with E-state index in [1.165, 1.54) is 4.90 Å². The molecule has 4 aromatic rings. The fraction of sp³-hybridized carbons (Fsp3) is 0.125. The molecule has 0 saturated carbocycles. The van der Waals surface area contributed by atoms with Gasteiger partial charge in [0.25, 0.3) is 5.89 Å². The number of anilines is 1. The molecule has 5 nitrogen and oxygen atoms in total. The van der Waals surface area contributed by atoms with Gasteiger partial charge in [0.15, 0.2) is 5.11 Å². The Kier molecular flexibility index (Phi) is 5.82. The number of hydrogen-bond acceptors (Lipinski definition) is 6. The predicted molar refractivity (Wildman–Crippen MR) is 136 cm³/mol. The first-order valence-corrected chi connectivity index (χ1v) is 12.6. The smallest absolute Gasteiger partial charge is 0.258 e. The maximum atomic E-state index is 5.80. The Morgan fingerprint density at radius 3 is 2.53 bits per heavy atom. The summed E-state index contributed by atoms with van der Waals surface area (Å²) in [6, 6.07) is 22.3. The summed E-state index contributed by atoms with van der Waals surface area (Å²) >= 11 is 9.10. The van der Waals surface area contributed by atoms with Gasteiger partial charge < -0.3 is 9.84 Å². The fourth-order valence-corrected chi connectivity index (χ4v) is 5.21. The minimum Gasteiger partial charge on any atom is -0.351 e. The summed E-state index contributed by atoms with van der Waals surface area (Å²) in [6.07, 6.45) is 2.07. The van der Waals surface area contributed by atoms with E-state index < -0.39 is 0 Å². The second-order valence-corrected chi connectivity index (χ2v) is 9.44. The third kappa shape index (κ3) is 3.85. The van der Waals surface area contributed by atoms with Crippen LogP contribution in [0.4, 0.5) is 5.69 Å². The van der Waals surface area contributed by atoms with Crippen molar-refractivity contribution in [2.45, 2.75) is 17.9 Å². The van der Waals surface area contributed by atoms with Crippen molar-refractivity contribution in [1.29, 1.82) is 0 Å². The molecule has 0 amide bonds. The van der Waals surface area contributed by atoms with Crippen molar-refractivity contribution in [3.63, 3.8) is 0 Å². The molecule has 0 fully saturated rings. The van der Waals surface area contributed by atoms with Gasteiger partial charge in [-0.25, -0.2) is 0 Å². The number of thiocarbonyl (C=S) groups is 1. The molecule has 3 heterocycles. The number of thioether (sulfide) groups is 1. The Balaban J connectivity index is 1.65. The number of rotatable bonds is 5. The molecule has 1 unspecified atom stereocenters. The molecule has 32 heavy (non-hydrogen) atoms. The van der Waals surface area contributed by atoms with Crippen molar-refractivity contribution >= 4 is 51.7 Å². The molecule has 0 saturated heterocycles. The zero-order chi connectivity index (χ0) is 22.1. The standard InChI is InChI=1S/C24H20N4OS3/c1-15-20(23-26-22(27-29-23)19-9-6-14-32-19)21(16-10-12-18(31-2)13-11-16)25-24(30)28(15)17-7-4-3-5-8-17/h3-14,21H,1-2H3,(H,25,30). The molecule has 0 aliphatic carbocycles. The van der Waals surface area contributed by atoms with Crippen LogP contribution in [0.1, 0.15) is 24.4 Å². The second-order valence-electron chi connectivity index (χ2n) is 7.23. The van der Waals surface area contributed by atoms with E-state index in [9.17, 15) is 0 Å². The lowest BCUT2D eigenvalue weighted by Gasteiger charge is -2.37. The van der Waals surface area contributed by atoms with Crippen LogP contribution < -0.4 is 10.2 Å². The van der Waals surface area contributed by atoms with Gasteiger partial charge in [-0.05, 0) is 66.7 Å². The van der Waals surface area contributed by atoms with E-state index >= 15 is 0 Å². The number of nitrogens with zero attached hydrogens (tertiary/aromatic N) is 3. The van der Waals surface area contributed by atoms with E-state index in [1.54, 1.807) is 23.1 Å². The van der Waals surface area contributed by atoms with Crippen molar-refractivity contribution in [3.05, 3.63) is 89.3 Å². The maximum absolute atomic E-state index is 5.80. The van der Waals surface area contributed by atoms with Gasteiger partial charge >= 0.3 is 0 Å². The fourth-order valence-electron chi connectivity index (χ4n) is 3.79. The largest absolute Gasteiger partial charge is 0.351 e. The molecule has 5 rings (SSSR count). The number of hydrogen-bond donors (Lipinski definition) is 1. The molecule has 2 aromatic carbocycles. The summed E-state index contributed by atoms with van der Waals surface area (Å²) in [5, 5.41) is 10.4. The Labute approximate surface area is 200 Å². The molecule has 1 aliphatic heterocycles. The summed E-state index contributed by atoms with van der Waals surface area (Å²) in [5.41, 5.74) is 3.94. The molecule has 0 radical (unpaired) electrons. The number of aromatic nitrogens is 2. The van der Waals surface area contributed by atoms with Crippen LogP contribution in [-0.2, 0) is 0 Å². The number of allylic oxidation sites excluding steroid dienone is 1. The zero-order valence-electron chi connectivity index (χ0n) is 17.5.